The van der Waals surface area contributed by atoms with E-state index in [2.05, 4.69) is 10.6 Å². The van der Waals surface area contributed by atoms with Gasteiger partial charge in [0.1, 0.15) is 6.04 Å². The maximum Gasteiger partial charge on any atom is 0.315 e. The van der Waals surface area contributed by atoms with Gasteiger partial charge in [0, 0.05) is 6.54 Å². The minimum Gasteiger partial charge on any atom is -0.338 e. The number of hydrogen-bond donors (Lipinski definition) is 4. The molecule has 0 radical (unpaired) electrons. The molecular weight excluding hydrogens is 302 g/mol. The summed E-state index contributed by atoms with van der Waals surface area (Å²) in [5.74, 6) is 0.111. The average Bonchev–Trinajstić information content (AvgIpc) is 2.55. The van der Waals surface area contributed by atoms with Crippen molar-refractivity contribution in [3.8, 4) is 0 Å². The zero-order chi connectivity index (χ0) is 16.2. The molecule has 22 heavy (non-hydrogen) atoms. The summed E-state index contributed by atoms with van der Waals surface area (Å²) < 4.78 is 0. The molecule has 3 amide bonds. The van der Waals surface area contributed by atoms with Crippen molar-refractivity contribution in [2.75, 3.05) is 18.6 Å². The second-order valence-electron chi connectivity index (χ2n) is 4.80. The van der Waals surface area contributed by atoms with Gasteiger partial charge in [0.05, 0.1) is 0 Å². The van der Waals surface area contributed by atoms with E-state index >= 15 is 0 Å². The highest BCUT2D eigenvalue weighted by molar-refractivity contribution is 7.98. The predicted molar refractivity (Wildman–Crippen MR) is 88.0 cm³/mol. The summed E-state index contributed by atoms with van der Waals surface area (Å²) in [5.41, 5.74) is 2.80. The molecule has 0 heterocycles. The first-order valence-corrected chi connectivity index (χ1v) is 8.58. The van der Waals surface area contributed by atoms with E-state index in [9.17, 15) is 9.59 Å². The highest BCUT2D eigenvalue weighted by Crippen LogP contribution is 2.02. The number of carbonyl (C=O) groups is 2. The first kappa shape index (κ1) is 18.3. The van der Waals surface area contributed by atoms with E-state index in [0.29, 0.717) is 18.7 Å². The van der Waals surface area contributed by atoms with Gasteiger partial charge in [-0.05, 0) is 36.8 Å². The van der Waals surface area contributed by atoms with Crippen LogP contribution in [-0.2, 0) is 11.2 Å². The van der Waals surface area contributed by atoms with Crippen molar-refractivity contribution in [1.29, 1.82) is 0 Å². The van der Waals surface area contributed by atoms with E-state index in [0.717, 1.165) is 12.8 Å². The first-order chi connectivity index (χ1) is 10.7. The van der Waals surface area contributed by atoms with E-state index < -0.39 is 18.0 Å². The van der Waals surface area contributed by atoms with Crippen molar-refractivity contribution in [2.24, 2.45) is 0 Å². The second-order valence-corrected chi connectivity index (χ2v) is 5.79. The zero-order valence-corrected chi connectivity index (χ0v) is 13.5. The molecule has 0 aliphatic carbocycles. The third-order valence-electron chi connectivity index (χ3n) is 3.11. The minimum absolute atomic E-state index is 0.400. The molecule has 1 atom stereocenters. The molecule has 6 nitrogen and oxygen atoms in total. The lowest BCUT2D eigenvalue weighted by molar-refractivity contribution is -0.131. The Hall–Kier alpha value is -1.73. The standard InChI is InChI=1S/C15H23N3O3S/c1-22-11-9-13(14(19)18-21)17-15(20)16-10-5-8-12-6-3-2-4-7-12/h2-4,6-7,13,21H,5,8-11H2,1H3,(H,18,19)(H2,16,17,20)/t13-/m0/s1. The van der Waals surface area contributed by atoms with Crippen molar-refractivity contribution in [1.82, 2.24) is 16.1 Å². The van der Waals surface area contributed by atoms with Gasteiger partial charge in [-0.3, -0.25) is 10.0 Å². The number of thioether (sulfide) groups is 1. The highest BCUT2D eigenvalue weighted by atomic mass is 32.2. The SMILES string of the molecule is CSCC[C@H](NC(=O)NCCCc1ccccc1)C(=O)NO. The molecule has 0 spiro atoms. The molecule has 4 N–H and O–H groups in total. The highest BCUT2D eigenvalue weighted by Gasteiger charge is 2.19. The summed E-state index contributed by atoms with van der Waals surface area (Å²) in [6.07, 6.45) is 4.08. The van der Waals surface area contributed by atoms with Crippen LogP contribution in [0.1, 0.15) is 18.4 Å². The molecule has 1 aromatic rings. The number of amides is 3. The normalized spacial score (nSPS) is 11.5. The number of benzene rings is 1. The maximum atomic E-state index is 11.8. The number of nitrogens with one attached hydrogen (secondary N) is 3. The Morgan fingerprint density at radius 3 is 2.64 bits per heavy atom. The summed E-state index contributed by atoms with van der Waals surface area (Å²) in [5, 5.41) is 14.0. The van der Waals surface area contributed by atoms with E-state index in [1.165, 1.54) is 5.56 Å². The van der Waals surface area contributed by atoms with Gasteiger partial charge in [0.25, 0.3) is 5.91 Å². The van der Waals surface area contributed by atoms with Crippen LogP contribution in [0.2, 0.25) is 0 Å². The van der Waals surface area contributed by atoms with Crippen molar-refractivity contribution < 1.29 is 14.8 Å². The second kappa shape index (κ2) is 10.9. The van der Waals surface area contributed by atoms with Crippen LogP contribution in [0.3, 0.4) is 0 Å². The Bertz CT molecular complexity index is 457. The van der Waals surface area contributed by atoms with Crippen LogP contribution in [-0.4, -0.2) is 41.7 Å². The third kappa shape index (κ3) is 7.33. The molecular formula is C15H23N3O3S. The van der Waals surface area contributed by atoms with E-state index in [1.54, 1.807) is 17.2 Å². The Morgan fingerprint density at radius 2 is 2.00 bits per heavy atom. The molecule has 0 bridgehead atoms. The van der Waals surface area contributed by atoms with Crippen molar-refractivity contribution >= 4 is 23.7 Å². The van der Waals surface area contributed by atoms with Crippen LogP contribution in [0.15, 0.2) is 30.3 Å². The molecule has 0 saturated carbocycles. The van der Waals surface area contributed by atoms with Gasteiger partial charge >= 0.3 is 6.03 Å². The maximum absolute atomic E-state index is 11.8. The van der Waals surface area contributed by atoms with Crippen LogP contribution in [0.5, 0.6) is 0 Å². The Balaban J connectivity index is 2.26. The van der Waals surface area contributed by atoms with E-state index in [4.69, 9.17) is 5.21 Å². The fourth-order valence-electron chi connectivity index (χ4n) is 1.93. The summed E-state index contributed by atoms with van der Waals surface area (Å²) in [7, 11) is 0. The van der Waals surface area contributed by atoms with Gasteiger partial charge in [-0.25, -0.2) is 10.3 Å². The number of hydroxylamine groups is 1. The fraction of sp³-hybridized carbons (Fsp3) is 0.467. The Labute approximate surface area is 135 Å². The number of carbonyl (C=O) groups excluding carboxylic acids is 2. The Kier molecular flexibility index (Phi) is 9.09. The van der Waals surface area contributed by atoms with Crippen LogP contribution < -0.4 is 16.1 Å². The van der Waals surface area contributed by atoms with E-state index in [1.807, 2.05) is 36.6 Å². The van der Waals surface area contributed by atoms with Gasteiger partial charge in [-0.2, -0.15) is 11.8 Å². The van der Waals surface area contributed by atoms with Gasteiger partial charge < -0.3 is 10.6 Å². The summed E-state index contributed by atoms with van der Waals surface area (Å²) in [6, 6.07) is 8.90. The smallest absolute Gasteiger partial charge is 0.315 e. The fourth-order valence-corrected chi connectivity index (χ4v) is 2.40. The number of rotatable bonds is 9. The van der Waals surface area contributed by atoms with Crippen LogP contribution in [0.25, 0.3) is 0 Å². The van der Waals surface area contributed by atoms with Gasteiger partial charge in [0.2, 0.25) is 0 Å². The van der Waals surface area contributed by atoms with E-state index in [-0.39, 0.29) is 0 Å². The lowest BCUT2D eigenvalue weighted by Crippen LogP contribution is -2.49. The zero-order valence-electron chi connectivity index (χ0n) is 12.7. The number of aryl methyl sites for hydroxylation is 1. The lowest BCUT2D eigenvalue weighted by atomic mass is 10.1. The molecule has 0 unspecified atom stereocenters. The molecule has 0 saturated heterocycles. The largest absolute Gasteiger partial charge is 0.338 e. The van der Waals surface area contributed by atoms with Crippen LogP contribution in [0, 0.1) is 0 Å². The summed E-state index contributed by atoms with van der Waals surface area (Å²) in [4.78, 5) is 23.2. The quantitative estimate of drug-likeness (QED) is 0.315. The molecule has 0 fully saturated rings. The molecule has 0 aliphatic rings. The average molecular weight is 325 g/mol. The van der Waals surface area contributed by atoms with Crippen molar-refractivity contribution in [3.05, 3.63) is 35.9 Å². The van der Waals surface area contributed by atoms with Gasteiger partial charge in [-0.1, -0.05) is 30.3 Å². The van der Waals surface area contributed by atoms with Crippen LogP contribution in [0.4, 0.5) is 4.79 Å². The minimum atomic E-state index is -0.730. The Morgan fingerprint density at radius 1 is 1.27 bits per heavy atom. The van der Waals surface area contributed by atoms with Crippen LogP contribution >= 0.6 is 11.8 Å². The third-order valence-corrected chi connectivity index (χ3v) is 3.76. The van der Waals surface area contributed by atoms with Crippen molar-refractivity contribution in [2.45, 2.75) is 25.3 Å². The molecule has 122 valence electrons. The molecule has 7 heteroatoms. The summed E-state index contributed by atoms with van der Waals surface area (Å²) >= 11 is 1.57. The summed E-state index contributed by atoms with van der Waals surface area (Å²) in [6.45, 7) is 0.525. The predicted octanol–water partition coefficient (Wildman–Crippen LogP) is 1.55. The first-order valence-electron chi connectivity index (χ1n) is 7.18. The molecule has 0 aliphatic heterocycles. The monoisotopic (exact) mass is 325 g/mol. The molecule has 0 aromatic heterocycles. The van der Waals surface area contributed by atoms with Gasteiger partial charge in [0.15, 0.2) is 0 Å². The number of urea groups is 1. The lowest BCUT2D eigenvalue weighted by Gasteiger charge is -2.16. The molecule has 1 aromatic carbocycles. The van der Waals surface area contributed by atoms with Crippen molar-refractivity contribution in [3.63, 3.8) is 0 Å². The van der Waals surface area contributed by atoms with Gasteiger partial charge in [-0.15, -0.1) is 0 Å². The topological polar surface area (TPSA) is 90.5 Å². The number of hydrogen-bond acceptors (Lipinski definition) is 4. The molecule has 1 rings (SSSR count).